The van der Waals surface area contributed by atoms with E-state index >= 15 is 0 Å². The first kappa shape index (κ1) is 11.6. The second-order valence-corrected chi connectivity index (χ2v) is 5.88. The van der Waals surface area contributed by atoms with E-state index in [-0.39, 0.29) is 5.82 Å². The quantitative estimate of drug-likeness (QED) is 0.861. The van der Waals surface area contributed by atoms with Gasteiger partial charge in [0.2, 0.25) is 0 Å². The van der Waals surface area contributed by atoms with Crippen molar-refractivity contribution in [2.75, 3.05) is 16.8 Å². The maximum absolute atomic E-state index is 13.3. The molecule has 1 aliphatic rings. The monoisotopic (exact) mass is 241 g/mol. The summed E-state index contributed by atoms with van der Waals surface area (Å²) in [6.45, 7) is 1.78. The van der Waals surface area contributed by atoms with Crippen molar-refractivity contribution in [1.82, 2.24) is 0 Å². The van der Waals surface area contributed by atoms with E-state index in [0.29, 0.717) is 11.6 Å². The van der Waals surface area contributed by atoms with Crippen LogP contribution in [0, 0.1) is 12.7 Å². The third-order valence-corrected chi connectivity index (χ3v) is 4.40. The Hall–Kier alpha value is -0.900. The van der Waals surface area contributed by atoms with Gasteiger partial charge >= 0.3 is 0 Å². The molecule has 2 rings (SSSR count). The number of hydrogen-bond acceptors (Lipinski definition) is 2. The minimum absolute atomic E-state index is 0.176. The van der Waals surface area contributed by atoms with Crippen LogP contribution in [0.5, 0.6) is 0 Å². The van der Waals surface area contributed by atoms with Gasteiger partial charge in [0, 0.05) is 39.6 Å². The highest BCUT2D eigenvalue weighted by Gasteiger charge is 2.18. The summed E-state index contributed by atoms with van der Waals surface area (Å²) in [5.41, 5.74) is 1.52. The minimum Gasteiger partial charge on any atom is -0.382 e. The fourth-order valence-corrected chi connectivity index (χ4v) is 3.22. The molecule has 0 atom stereocenters. The largest absolute Gasteiger partial charge is 0.382 e. The second-order valence-electron chi connectivity index (χ2n) is 4.18. The molecule has 2 nitrogen and oxygen atoms in total. The molecule has 1 aromatic rings. The van der Waals surface area contributed by atoms with Crippen LogP contribution in [0.1, 0.15) is 18.4 Å². The number of anilines is 1. The molecule has 4 heteroatoms. The molecular formula is C12H16FNOS. The predicted molar refractivity (Wildman–Crippen MR) is 65.7 cm³/mol. The molecule has 1 fully saturated rings. The van der Waals surface area contributed by atoms with Gasteiger partial charge in [-0.25, -0.2) is 4.39 Å². The van der Waals surface area contributed by atoms with Gasteiger partial charge in [0.05, 0.1) is 0 Å². The molecule has 0 spiro atoms. The molecular weight excluding hydrogens is 225 g/mol. The molecule has 0 unspecified atom stereocenters. The lowest BCUT2D eigenvalue weighted by molar-refractivity contribution is 0.611. The number of halogens is 1. The Balaban J connectivity index is 2.04. The number of nitrogens with one attached hydrogen (secondary N) is 1. The Labute approximate surface area is 97.7 Å². The third kappa shape index (κ3) is 2.61. The van der Waals surface area contributed by atoms with Gasteiger partial charge in [-0.15, -0.1) is 0 Å². The SMILES string of the molecule is Cc1c(F)cccc1NC1CCS(=O)CC1. The zero-order chi connectivity index (χ0) is 11.5. The first-order valence-corrected chi connectivity index (χ1v) is 7.02. The van der Waals surface area contributed by atoms with E-state index in [1.54, 1.807) is 13.0 Å². The molecule has 0 amide bonds. The number of hydrogen-bond donors (Lipinski definition) is 1. The van der Waals surface area contributed by atoms with Gasteiger partial charge < -0.3 is 5.32 Å². The van der Waals surface area contributed by atoms with Gasteiger partial charge in [-0.3, -0.25) is 4.21 Å². The van der Waals surface area contributed by atoms with Crippen molar-refractivity contribution in [1.29, 1.82) is 0 Å². The highest BCUT2D eigenvalue weighted by Crippen LogP contribution is 2.21. The maximum atomic E-state index is 13.3. The van der Waals surface area contributed by atoms with Crippen LogP contribution in [-0.2, 0) is 10.8 Å². The summed E-state index contributed by atoms with van der Waals surface area (Å²) in [6.07, 6.45) is 1.81. The Morgan fingerprint density at radius 2 is 2.06 bits per heavy atom. The van der Waals surface area contributed by atoms with E-state index in [1.165, 1.54) is 6.07 Å². The minimum atomic E-state index is -0.643. The van der Waals surface area contributed by atoms with Crippen molar-refractivity contribution in [2.45, 2.75) is 25.8 Å². The Morgan fingerprint density at radius 1 is 1.38 bits per heavy atom. The lowest BCUT2D eigenvalue weighted by atomic mass is 10.1. The van der Waals surface area contributed by atoms with E-state index in [9.17, 15) is 8.60 Å². The Morgan fingerprint density at radius 3 is 2.75 bits per heavy atom. The van der Waals surface area contributed by atoms with Gasteiger partial charge in [-0.2, -0.15) is 0 Å². The van der Waals surface area contributed by atoms with Gasteiger partial charge in [0.15, 0.2) is 0 Å². The highest BCUT2D eigenvalue weighted by molar-refractivity contribution is 7.85. The van der Waals surface area contributed by atoms with E-state index in [2.05, 4.69) is 5.32 Å². The van der Waals surface area contributed by atoms with Crippen molar-refractivity contribution in [3.63, 3.8) is 0 Å². The summed E-state index contributed by atoms with van der Waals surface area (Å²) in [4.78, 5) is 0. The summed E-state index contributed by atoms with van der Waals surface area (Å²) in [5, 5.41) is 3.34. The first-order chi connectivity index (χ1) is 7.66. The summed E-state index contributed by atoms with van der Waals surface area (Å²) >= 11 is 0. The molecule has 1 aliphatic heterocycles. The first-order valence-electron chi connectivity index (χ1n) is 5.53. The van der Waals surface area contributed by atoms with E-state index in [0.717, 1.165) is 30.0 Å². The smallest absolute Gasteiger partial charge is 0.128 e. The molecule has 0 radical (unpaired) electrons. The van der Waals surface area contributed by atoms with E-state index in [4.69, 9.17) is 0 Å². The molecule has 0 aliphatic carbocycles. The van der Waals surface area contributed by atoms with Crippen LogP contribution in [0.4, 0.5) is 10.1 Å². The van der Waals surface area contributed by atoms with Crippen molar-refractivity contribution in [2.24, 2.45) is 0 Å². The Bertz CT molecular complexity index is 398. The second kappa shape index (κ2) is 4.95. The molecule has 0 bridgehead atoms. The predicted octanol–water partition coefficient (Wildman–Crippen LogP) is 2.46. The molecule has 1 heterocycles. The molecule has 0 saturated carbocycles. The van der Waals surface area contributed by atoms with Crippen LogP contribution in [0.15, 0.2) is 18.2 Å². The van der Waals surface area contributed by atoms with Crippen molar-refractivity contribution >= 4 is 16.5 Å². The molecule has 1 N–H and O–H groups in total. The molecule has 1 aromatic carbocycles. The fourth-order valence-electron chi connectivity index (χ4n) is 1.92. The van der Waals surface area contributed by atoms with E-state index < -0.39 is 10.8 Å². The van der Waals surface area contributed by atoms with Gasteiger partial charge in [0.1, 0.15) is 5.82 Å². The van der Waals surface area contributed by atoms with E-state index in [1.807, 2.05) is 6.07 Å². The number of rotatable bonds is 2. The lowest BCUT2D eigenvalue weighted by Crippen LogP contribution is -2.29. The van der Waals surface area contributed by atoms with Gasteiger partial charge in [-0.05, 0) is 31.9 Å². The van der Waals surface area contributed by atoms with Crippen LogP contribution < -0.4 is 5.32 Å². The van der Waals surface area contributed by atoms with Crippen molar-refractivity contribution < 1.29 is 8.60 Å². The van der Waals surface area contributed by atoms with Gasteiger partial charge in [0.25, 0.3) is 0 Å². The van der Waals surface area contributed by atoms with Crippen molar-refractivity contribution in [3.05, 3.63) is 29.6 Å². The maximum Gasteiger partial charge on any atom is 0.128 e. The average molecular weight is 241 g/mol. The molecule has 16 heavy (non-hydrogen) atoms. The lowest BCUT2D eigenvalue weighted by Gasteiger charge is -2.24. The third-order valence-electron chi connectivity index (χ3n) is 3.02. The zero-order valence-corrected chi connectivity index (χ0v) is 10.1. The summed E-state index contributed by atoms with van der Waals surface area (Å²) < 4.78 is 24.5. The molecule has 0 aromatic heterocycles. The summed E-state index contributed by atoms with van der Waals surface area (Å²) in [7, 11) is -0.643. The summed E-state index contributed by atoms with van der Waals surface area (Å²) in [5.74, 6) is 1.34. The highest BCUT2D eigenvalue weighted by atomic mass is 32.2. The molecule has 1 saturated heterocycles. The van der Waals surface area contributed by atoms with Crippen LogP contribution in [0.25, 0.3) is 0 Å². The Kier molecular flexibility index (Phi) is 3.59. The topological polar surface area (TPSA) is 29.1 Å². The van der Waals surface area contributed by atoms with Crippen LogP contribution in [0.2, 0.25) is 0 Å². The summed E-state index contributed by atoms with van der Waals surface area (Å²) in [6, 6.07) is 5.41. The van der Waals surface area contributed by atoms with Crippen LogP contribution in [-0.4, -0.2) is 21.8 Å². The fraction of sp³-hybridized carbons (Fsp3) is 0.500. The number of benzene rings is 1. The van der Waals surface area contributed by atoms with Crippen LogP contribution >= 0.6 is 0 Å². The van der Waals surface area contributed by atoms with Crippen LogP contribution in [0.3, 0.4) is 0 Å². The zero-order valence-electron chi connectivity index (χ0n) is 9.33. The van der Waals surface area contributed by atoms with Crippen molar-refractivity contribution in [3.8, 4) is 0 Å². The average Bonchev–Trinajstić information content (AvgIpc) is 2.28. The van der Waals surface area contributed by atoms with Gasteiger partial charge in [-0.1, -0.05) is 6.07 Å². The molecule has 88 valence electrons. The standard InChI is InChI=1S/C12H16FNOS/c1-9-11(13)3-2-4-12(9)14-10-5-7-16(15)8-6-10/h2-4,10,14H,5-8H2,1H3. The normalized spacial score (nSPS) is 25.4.